The zero-order valence-electron chi connectivity index (χ0n) is 19.3. The van der Waals surface area contributed by atoms with Crippen molar-refractivity contribution in [1.82, 2.24) is 15.2 Å². The van der Waals surface area contributed by atoms with E-state index >= 15 is 0 Å². The fourth-order valence-electron chi connectivity index (χ4n) is 4.50. The minimum Gasteiger partial charge on any atom is -0.300 e. The second-order valence-electron chi connectivity index (χ2n) is 8.91. The molecule has 0 aliphatic carbocycles. The zero-order chi connectivity index (χ0) is 24.4. The van der Waals surface area contributed by atoms with Crippen LogP contribution in [0, 0.1) is 11.2 Å². The summed E-state index contributed by atoms with van der Waals surface area (Å²) in [6, 6.07) is 24.5. The molecule has 35 heavy (non-hydrogen) atoms. The van der Waals surface area contributed by atoms with Gasteiger partial charge in [-0.05, 0) is 46.8 Å². The second-order valence-corrected chi connectivity index (χ2v) is 9.74. The molecule has 0 radical (unpaired) electrons. The number of hydrogen-bond donors (Lipinski definition) is 1. The molecule has 3 aromatic carbocycles. The molecule has 1 atom stereocenters. The Bertz CT molecular complexity index is 1470. The molecule has 0 spiro atoms. The van der Waals surface area contributed by atoms with Crippen molar-refractivity contribution in [1.29, 1.82) is 0 Å². The Labute approximate surface area is 206 Å². The number of rotatable bonds is 6. The molecule has 1 unspecified atom stereocenters. The van der Waals surface area contributed by atoms with E-state index in [2.05, 4.69) is 32.6 Å². The highest BCUT2D eigenvalue weighted by molar-refractivity contribution is 7.13. The SMILES string of the molecule is CC(C)(C(=O)Nc1nncs1)C(c1ccccc1)c1ccc2c(-c3ccc(F)cc3)nccc2c1. The summed E-state index contributed by atoms with van der Waals surface area (Å²) in [6.07, 6.45) is 1.76. The first-order valence-corrected chi connectivity index (χ1v) is 12.1. The molecule has 0 saturated heterocycles. The number of aromatic nitrogens is 3. The lowest BCUT2D eigenvalue weighted by molar-refractivity contribution is -0.124. The van der Waals surface area contributed by atoms with Crippen LogP contribution in [0.1, 0.15) is 30.9 Å². The van der Waals surface area contributed by atoms with Gasteiger partial charge in [-0.2, -0.15) is 0 Å². The molecule has 1 N–H and O–H groups in total. The van der Waals surface area contributed by atoms with Crippen molar-refractivity contribution < 1.29 is 9.18 Å². The Balaban J connectivity index is 1.60. The third kappa shape index (κ3) is 4.55. The minimum absolute atomic E-state index is 0.134. The van der Waals surface area contributed by atoms with E-state index in [1.54, 1.807) is 23.8 Å². The van der Waals surface area contributed by atoms with E-state index in [-0.39, 0.29) is 17.6 Å². The van der Waals surface area contributed by atoms with E-state index in [0.717, 1.165) is 33.2 Å². The summed E-state index contributed by atoms with van der Waals surface area (Å²) in [5.74, 6) is -0.635. The van der Waals surface area contributed by atoms with Gasteiger partial charge in [0.2, 0.25) is 11.0 Å². The lowest BCUT2D eigenvalue weighted by Crippen LogP contribution is -2.37. The van der Waals surface area contributed by atoms with Gasteiger partial charge in [0.1, 0.15) is 11.3 Å². The van der Waals surface area contributed by atoms with Crippen LogP contribution in [-0.4, -0.2) is 21.1 Å². The van der Waals surface area contributed by atoms with Gasteiger partial charge in [0, 0.05) is 23.1 Å². The summed E-state index contributed by atoms with van der Waals surface area (Å²) in [5.41, 5.74) is 4.48. The van der Waals surface area contributed by atoms with Crippen LogP contribution in [0.25, 0.3) is 22.0 Å². The molecule has 0 saturated carbocycles. The van der Waals surface area contributed by atoms with Gasteiger partial charge in [-0.25, -0.2) is 4.39 Å². The molecule has 0 aliphatic heterocycles. The number of hydrogen-bond acceptors (Lipinski definition) is 5. The van der Waals surface area contributed by atoms with Gasteiger partial charge < -0.3 is 5.32 Å². The van der Waals surface area contributed by atoms with Gasteiger partial charge in [-0.15, -0.1) is 10.2 Å². The number of carbonyl (C=O) groups is 1. The van der Waals surface area contributed by atoms with Crippen molar-refractivity contribution in [3.63, 3.8) is 0 Å². The van der Waals surface area contributed by atoms with E-state index in [9.17, 15) is 9.18 Å². The van der Waals surface area contributed by atoms with Crippen molar-refractivity contribution in [3.05, 3.63) is 108 Å². The molecule has 5 rings (SSSR count). The Morgan fingerprint density at radius 3 is 2.46 bits per heavy atom. The monoisotopic (exact) mass is 482 g/mol. The van der Waals surface area contributed by atoms with Crippen LogP contribution in [0.2, 0.25) is 0 Å². The van der Waals surface area contributed by atoms with Gasteiger partial charge in [-0.1, -0.05) is 73.7 Å². The normalized spacial score (nSPS) is 12.4. The maximum Gasteiger partial charge on any atom is 0.232 e. The highest BCUT2D eigenvalue weighted by Gasteiger charge is 2.39. The number of halogens is 1. The average molecular weight is 483 g/mol. The van der Waals surface area contributed by atoms with Crippen LogP contribution in [-0.2, 0) is 4.79 Å². The largest absolute Gasteiger partial charge is 0.300 e. The molecular weight excluding hydrogens is 459 g/mol. The number of carbonyl (C=O) groups excluding carboxylic acids is 1. The number of pyridine rings is 1. The fourth-order valence-corrected chi connectivity index (χ4v) is 4.94. The number of fused-ring (bicyclic) bond motifs is 1. The molecule has 0 fully saturated rings. The Kier molecular flexibility index (Phi) is 6.09. The van der Waals surface area contributed by atoms with E-state index in [0.29, 0.717) is 5.13 Å². The smallest absolute Gasteiger partial charge is 0.232 e. The summed E-state index contributed by atoms with van der Waals surface area (Å²) >= 11 is 1.29. The third-order valence-electron chi connectivity index (χ3n) is 6.26. The van der Waals surface area contributed by atoms with Crippen LogP contribution in [0.4, 0.5) is 9.52 Å². The molecule has 0 bridgehead atoms. The van der Waals surface area contributed by atoms with Crippen LogP contribution < -0.4 is 5.32 Å². The van der Waals surface area contributed by atoms with Crippen molar-refractivity contribution in [2.45, 2.75) is 19.8 Å². The summed E-state index contributed by atoms with van der Waals surface area (Å²) in [5, 5.41) is 13.1. The van der Waals surface area contributed by atoms with Crippen LogP contribution in [0.5, 0.6) is 0 Å². The van der Waals surface area contributed by atoms with Gasteiger partial charge in [0.25, 0.3) is 0 Å². The van der Waals surface area contributed by atoms with E-state index in [1.165, 1.54) is 23.5 Å². The summed E-state index contributed by atoms with van der Waals surface area (Å²) < 4.78 is 13.5. The molecule has 174 valence electrons. The Hall–Kier alpha value is -3.97. The lowest BCUT2D eigenvalue weighted by Gasteiger charge is -2.34. The second kappa shape index (κ2) is 9.35. The van der Waals surface area contributed by atoms with Crippen molar-refractivity contribution in [2.24, 2.45) is 5.41 Å². The molecule has 7 heteroatoms. The Morgan fingerprint density at radius 2 is 1.74 bits per heavy atom. The summed E-state index contributed by atoms with van der Waals surface area (Å²) in [7, 11) is 0. The van der Waals surface area contributed by atoms with Crippen molar-refractivity contribution in [2.75, 3.05) is 5.32 Å². The molecule has 0 aliphatic rings. The maximum absolute atomic E-state index is 13.5. The summed E-state index contributed by atoms with van der Waals surface area (Å²) in [6.45, 7) is 3.89. The number of amides is 1. The topological polar surface area (TPSA) is 67.8 Å². The molecular formula is C28H23FN4OS. The lowest BCUT2D eigenvalue weighted by atomic mass is 9.70. The molecule has 1 amide bonds. The number of nitrogens with zero attached hydrogens (tertiary/aromatic N) is 3. The minimum atomic E-state index is -0.798. The first kappa shape index (κ1) is 22.8. The third-order valence-corrected chi connectivity index (χ3v) is 6.87. The van der Waals surface area contributed by atoms with Crippen LogP contribution >= 0.6 is 11.3 Å². The number of nitrogens with one attached hydrogen (secondary N) is 1. The quantitative estimate of drug-likeness (QED) is 0.293. The van der Waals surface area contributed by atoms with Gasteiger partial charge >= 0.3 is 0 Å². The van der Waals surface area contributed by atoms with Gasteiger partial charge in [0.05, 0.1) is 11.1 Å². The van der Waals surface area contributed by atoms with E-state index in [1.807, 2.05) is 56.3 Å². The highest BCUT2D eigenvalue weighted by atomic mass is 32.1. The first-order chi connectivity index (χ1) is 16.9. The van der Waals surface area contributed by atoms with E-state index < -0.39 is 5.41 Å². The predicted octanol–water partition coefficient (Wildman–Crippen LogP) is 6.69. The van der Waals surface area contributed by atoms with Gasteiger partial charge in [-0.3, -0.25) is 9.78 Å². The number of benzene rings is 3. The first-order valence-electron chi connectivity index (χ1n) is 11.2. The van der Waals surface area contributed by atoms with Crippen LogP contribution in [0.3, 0.4) is 0 Å². The molecule has 2 heterocycles. The average Bonchev–Trinajstić information content (AvgIpc) is 3.38. The standard InChI is InChI=1S/C28H23FN4OS/c1-28(2,26(34)32-27-33-31-17-35-27)24(18-6-4-3-5-7-18)21-10-13-23-20(16-21)14-15-30-25(23)19-8-11-22(29)12-9-19/h3-17,24H,1-2H3,(H,32,33,34). The van der Waals surface area contributed by atoms with E-state index in [4.69, 9.17) is 0 Å². The Morgan fingerprint density at radius 1 is 0.971 bits per heavy atom. The number of anilines is 1. The highest BCUT2D eigenvalue weighted by Crippen LogP contribution is 2.43. The summed E-state index contributed by atoms with van der Waals surface area (Å²) in [4.78, 5) is 18.0. The predicted molar refractivity (Wildman–Crippen MR) is 138 cm³/mol. The zero-order valence-corrected chi connectivity index (χ0v) is 20.1. The van der Waals surface area contributed by atoms with Crippen LogP contribution in [0.15, 0.2) is 90.6 Å². The molecule has 5 nitrogen and oxygen atoms in total. The fraction of sp³-hybridized carbons (Fsp3) is 0.143. The van der Waals surface area contributed by atoms with Crippen molar-refractivity contribution in [3.8, 4) is 11.3 Å². The molecule has 2 aromatic heterocycles. The molecule has 5 aromatic rings. The van der Waals surface area contributed by atoms with Gasteiger partial charge in [0.15, 0.2) is 0 Å². The maximum atomic E-state index is 13.5. The van der Waals surface area contributed by atoms with Crippen molar-refractivity contribution >= 4 is 33.1 Å².